The summed E-state index contributed by atoms with van der Waals surface area (Å²) in [7, 11) is 3.19. The number of para-hydroxylation sites is 1. The molecule has 0 aliphatic rings. The molecule has 0 heterocycles. The molecule has 0 aliphatic carbocycles. The number of amides is 2. The Morgan fingerprint density at radius 1 is 1.10 bits per heavy atom. The van der Waals surface area contributed by atoms with Gasteiger partial charge < -0.3 is 10.2 Å². The molecule has 0 spiro atoms. The van der Waals surface area contributed by atoms with Crippen LogP contribution in [0.4, 0.5) is 18.9 Å². The number of halogens is 4. The first-order valence-corrected chi connectivity index (χ1v) is 9.52. The van der Waals surface area contributed by atoms with Crippen LogP contribution >= 0.6 is 11.6 Å². The molecule has 2 aromatic carbocycles. The van der Waals surface area contributed by atoms with E-state index in [9.17, 15) is 22.8 Å². The molecule has 0 bridgehead atoms. The van der Waals surface area contributed by atoms with Crippen LogP contribution in [-0.2, 0) is 22.3 Å². The minimum atomic E-state index is -4.59. The SMILES string of the molecule is C[C@H](C(=O)N(C)CC(=O)Nc1ccccc1C(F)(F)F)N(C)Cc1cccc(Cl)c1. The Bertz CT molecular complexity index is 905. The lowest BCUT2D eigenvalue weighted by Crippen LogP contribution is -2.46. The summed E-state index contributed by atoms with van der Waals surface area (Å²) in [6.07, 6.45) is -4.59. The van der Waals surface area contributed by atoms with E-state index in [0.717, 1.165) is 11.6 Å². The van der Waals surface area contributed by atoms with Crippen LogP contribution in [0, 0.1) is 0 Å². The highest BCUT2D eigenvalue weighted by molar-refractivity contribution is 6.30. The Balaban J connectivity index is 1.97. The summed E-state index contributed by atoms with van der Waals surface area (Å²) >= 11 is 5.98. The van der Waals surface area contributed by atoms with E-state index >= 15 is 0 Å². The summed E-state index contributed by atoms with van der Waals surface area (Å²) in [5.74, 6) is -1.05. The van der Waals surface area contributed by atoms with Gasteiger partial charge in [0.15, 0.2) is 0 Å². The van der Waals surface area contributed by atoms with Gasteiger partial charge >= 0.3 is 6.18 Å². The van der Waals surface area contributed by atoms with E-state index in [1.807, 2.05) is 12.1 Å². The molecule has 0 radical (unpaired) electrons. The predicted molar refractivity (Wildman–Crippen MR) is 110 cm³/mol. The number of nitrogens with zero attached hydrogens (tertiary/aromatic N) is 2. The zero-order valence-electron chi connectivity index (χ0n) is 16.8. The summed E-state index contributed by atoms with van der Waals surface area (Å²) in [5, 5.41) is 2.83. The summed E-state index contributed by atoms with van der Waals surface area (Å²) in [5.41, 5.74) is -0.363. The zero-order valence-corrected chi connectivity index (χ0v) is 17.6. The van der Waals surface area contributed by atoms with Gasteiger partial charge in [-0.1, -0.05) is 35.9 Å². The van der Waals surface area contributed by atoms with Crippen LogP contribution in [0.1, 0.15) is 18.1 Å². The third-order valence-electron chi connectivity index (χ3n) is 4.60. The van der Waals surface area contributed by atoms with Crippen LogP contribution in [0.3, 0.4) is 0 Å². The number of benzene rings is 2. The van der Waals surface area contributed by atoms with Gasteiger partial charge in [0, 0.05) is 18.6 Å². The van der Waals surface area contributed by atoms with Crippen molar-refractivity contribution in [1.29, 1.82) is 0 Å². The number of alkyl halides is 3. The van der Waals surface area contributed by atoms with Crippen molar-refractivity contribution in [3.63, 3.8) is 0 Å². The monoisotopic (exact) mass is 441 g/mol. The van der Waals surface area contributed by atoms with Gasteiger partial charge in [-0.2, -0.15) is 13.2 Å². The number of nitrogens with one attached hydrogen (secondary N) is 1. The van der Waals surface area contributed by atoms with Crippen LogP contribution in [0.25, 0.3) is 0 Å². The fraction of sp³-hybridized carbons (Fsp3) is 0.333. The second kappa shape index (κ2) is 9.95. The first-order valence-electron chi connectivity index (χ1n) is 9.14. The normalized spacial score (nSPS) is 12.5. The number of likely N-dealkylation sites (N-methyl/N-ethyl adjacent to an activating group) is 2. The van der Waals surface area contributed by atoms with Crippen molar-refractivity contribution >= 4 is 29.1 Å². The number of rotatable bonds is 7. The minimum Gasteiger partial charge on any atom is -0.335 e. The largest absolute Gasteiger partial charge is 0.418 e. The van der Waals surface area contributed by atoms with Gasteiger partial charge in [-0.3, -0.25) is 14.5 Å². The molecule has 0 fully saturated rings. The van der Waals surface area contributed by atoms with Gasteiger partial charge in [0.2, 0.25) is 11.8 Å². The second-order valence-corrected chi connectivity index (χ2v) is 7.44. The van der Waals surface area contributed by atoms with Crippen molar-refractivity contribution < 1.29 is 22.8 Å². The number of carbonyl (C=O) groups is 2. The van der Waals surface area contributed by atoms with Crippen LogP contribution in [-0.4, -0.2) is 48.3 Å². The van der Waals surface area contributed by atoms with E-state index in [-0.39, 0.29) is 18.1 Å². The summed E-state index contributed by atoms with van der Waals surface area (Å²) in [6, 6.07) is 11.4. The molecule has 0 saturated heterocycles. The third-order valence-corrected chi connectivity index (χ3v) is 4.84. The highest BCUT2D eigenvalue weighted by Crippen LogP contribution is 2.34. The Morgan fingerprint density at radius 3 is 2.40 bits per heavy atom. The van der Waals surface area contributed by atoms with E-state index in [2.05, 4.69) is 5.32 Å². The molecular formula is C21H23ClF3N3O2. The lowest BCUT2D eigenvalue weighted by atomic mass is 10.1. The van der Waals surface area contributed by atoms with E-state index in [4.69, 9.17) is 11.6 Å². The quantitative estimate of drug-likeness (QED) is 0.698. The Morgan fingerprint density at radius 2 is 1.77 bits per heavy atom. The van der Waals surface area contributed by atoms with Gasteiger partial charge in [0.25, 0.3) is 0 Å². The fourth-order valence-electron chi connectivity index (χ4n) is 2.89. The first-order chi connectivity index (χ1) is 14.0. The molecule has 0 unspecified atom stereocenters. The standard InChI is InChI=1S/C21H23ClF3N3O2/c1-14(27(2)12-15-7-6-8-16(22)11-15)20(30)28(3)13-19(29)26-18-10-5-4-9-17(18)21(23,24)25/h4-11,14H,12-13H2,1-3H3,(H,26,29)/t14-/m1/s1. The van der Waals surface area contributed by atoms with Crippen LogP contribution in [0.5, 0.6) is 0 Å². The number of hydrogen-bond acceptors (Lipinski definition) is 3. The van der Waals surface area contributed by atoms with Crippen LogP contribution < -0.4 is 5.32 Å². The average molecular weight is 442 g/mol. The molecule has 1 N–H and O–H groups in total. The van der Waals surface area contributed by atoms with E-state index in [0.29, 0.717) is 11.6 Å². The topological polar surface area (TPSA) is 52.7 Å². The maximum Gasteiger partial charge on any atom is 0.418 e. The maximum atomic E-state index is 13.1. The molecule has 162 valence electrons. The summed E-state index contributed by atoms with van der Waals surface area (Å²) in [6.45, 7) is 1.78. The molecule has 2 aromatic rings. The number of anilines is 1. The molecule has 5 nitrogen and oxygen atoms in total. The van der Waals surface area contributed by atoms with E-state index in [1.165, 1.54) is 30.1 Å². The number of carbonyl (C=O) groups excluding carboxylic acids is 2. The van der Waals surface area contributed by atoms with Crippen molar-refractivity contribution in [3.8, 4) is 0 Å². The first kappa shape index (κ1) is 23.7. The Labute approximate surface area is 178 Å². The highest BCUT2D eigenvalue weighted by atomic mass is 35.5. The molecule has 0 aromatic heterocycles. The average Bonchev–Trinajstić information content (AvgIpc) is 2.66. The lowest BCUT2D eigenvalue weighted by molar-refractivity contribution is -0.138. The Hall–Kier alpha value is -2.58. The van der Waals surface area contributed by atoms with Crippen molar-refractivity contribution in [2.24, 2.45) is 0 Å². The van der Waals surface area contributed by atoms with Crippen LogP contribution in [0.2, 0.25) is 5.02 Å². The molecule has 0 saturated carbocycles. The van der Waals surface area contributed by atoms with Gasteiger partial charge in [-0.05, 0) is 43.8 Å². The predicted octanol–water partition coefficient (Wildman–Crippen LogP) is 4.28. The minimum absolute atomic E-state index is 0.334. The fourth-order valence-corrected chi connectivity index (χ4v) is 3.10. The lowest BCUT2D eigenvalue weighted by Gasteiger charge is -2.28. The van der Waals surface area contributed by atoms with Gasteiger partial charge in [-0.15, -0.1) is 0 Å². The van der Waals surface area contributed by atoms with Gasteiger partial charge in [-0.25, -0.2) is 0 Å². The summed E-state index contributed by atoms with van der Waals surface area (Å²) in [4.78, 5) is 27.9. The molecule has 0 aliphatic heterocycles. The molecule has 30 heavy (non-hydrogen) atoms. The zero-order chi connectivity index (χ0) is 22.5. The van der Waals surface area contributed by atoms with Gasteiger partial charge in [0.1, 0.15) is 0 Å². The molecular weight excluding hydrogens is 419 g/mol. The van der Waals surface area contributed by atoms with Gasteiger partial charge in [0.05, 0.1) is 23.8 Å². The van der Waals surface area contributed by atoms with E-state index in [1.54, 1.807) is 31.0 Å². The smallest absolute Gasteiger partial charge is 0.335 e. The van der Waals surface area contributed by atoms with Crippen molar-refractivity contribution in [1.82, 2.24) is 9.80 Å². The van der Waals surface area contributed by atoms with Crippen molar-refractivity contribution in [2.45, 2.75) is 25.7 Å². The third kappa shape index (κ3) is 6.47. The van der Waals surface area contributed by atoms with Crippen LogP contribution in [0.15, 0.2) is 48.5 Å². The second-order valence-electron chi connectivity index (χ2n) is 7.01. The number of hydrogen-bond donors (Lipinski definition) is 1. The van der Waals surface area contributed by atoms with E-state index < -0.39 is 23.7 Å². The molecule has 2 rings (SSSR count). The maximum absolute atomic E-state index is 13.1. The van der Waals surface area contributed by atoms with Crippen molar-refractivity contribution in [3.05, 3.63) is 64.7 Å². The summed E-state index contributed by atoms with van der Waals surface area (Å²) < 4.78 is 39.2. The molecule has 1 atom stereocenters. The highest BCUT2D eigenvalue weighted by Gasteiger charge is 2.33. The van der Waals surface area contributed by atoms with Crippen molar-refractivity contribution in [2.75, 3.05) is 26.0 Å². The molecule has 2 amide bonds. The Kier molecular flexibility index (Phi) is 7.86. The molecule has 9 heteroatoms.